The van der Waals surface area contributed by atoms with Gasteiger partial charge in [-0.05, 0) is 25.3 Å². The molecule has 1 aliphatic rings. The van der Waals surface area contributed by atoms with Crippen LogP contribution >= 0.6 is 0 Å². The number of rotatable bonds is 2. The molecule has 0 aromatic heterocycles. The van der Waals surface area contributed by atoms with E-state index in [0.717, 1.165) is 18.4 Å². The van der Waals surface area contributed by atoms with Gasteiger partial charge in [0.1, 0.15) is 0 Å². The van der Waals surface area contributed by atoms with Gasteiger partial charge in [0, 0.05) is 0 Å². The molecular weight excluding hydrogens is 174 g/mol. The highest BCUT2D eigenvalue weighted by molar-refractivity contribution is 5.29. The highest BCUT2D eigenvalue weighted by atomic mass is 16.3. The van der Waals surface area contributed by atoms with E-state index in [9.17, 15) is 5.11 Å². The molecule has 1 aromatic carbocycles. The first-order valence-electron chi connectivity index (χ1n) is 4.84. The minimum atomic E-state index is -0.618. The van der Waals surface area contributed by atoms with E-state index in [0.29, 0.717) is 0 Å². The van der Waals surface area contributed by atoms with Gasteiger partial charge in [-0.25, -0.2) is 0 Å². The van der Waals surface area contributed by atoms with Gasteiger partial charge in [0.05, 0.1) is 17.6 Å². The normalized spacial score (nSPS) is 19.8. The molecular formula is C12H13NO. The van der Waals surface area contributed by atoms with Crippen molar-refractivity contribution in [2.45, 2.75) is 25.9 Å². The van der Waals surface area contributed by atoms with Gasteiger partial charge in [-0.3, -0.25) is 0 Å². The number of aliphatic hydroxyl groups is 1. The summed E-state index contributed by atoms with van der Waals surface area (Å²) in [5, 5.41) is 18.9. The topological polar surface area (TPSA) is 44.0 Å². The van der Waals surface area contributed by atoms with Crippen LogP contribution in [0.5, 0.6) is 0 Å². The van der Waals surface area contributed by atoms with Crippen LogP contribution in [0.15, 0.2) is 24.3 Å². The van der Waals surface area contributed by atoms with Crippen LogP contribution in [-0.2, 0) is 0 Å². The van der Waals surface area contributed by atoms with Gasteiger partial charge in [-0.15, -0.1) is 0 Å². The Morgan fingerprint density at radius 3 is 2.36 bits per heavy atom. The Labute approximate surface area is 83.8 Å². The summed E-state index contributed by atoms with van der Waals surface area (Å²) in [5.41, 5.74) is 1.53. The van der Waals surface area contributed by atoms with E-state index < -0.39 is 11.5 Å². The maximum Gasteiger partial charge on any atom is 0.0976 e. The first-order chi connectivity index (χ1) is 6.68. The van der Waals surface area contributed by atoms with Crippen molar-refractivity contribution >= 4 is 0 Å². The largest absolute Gasteiger partial charge is 0.387 e. The Hall–Kier alpha value is -1.33. The van der Waals surface area contributed by atoms with E-state index >= 15 is 0 Å². The van der Waals surface area contributed by atoms with E-state index in [2.05, 4.69) is 6.07 Å². The molecule has 1 aromatic rings. The Morgan fingerprint density at radius 2 is 1.93 bits per heavy atom. The fourth-order valence-corrected chi connectivity index (χ4v) is 1.65. The molecule has 0 saturated heterocycles. The maximum absolute atomic E-state index is 9.98. The molecule has 1 fully saturated rings. The van der Waals surface area contributed by atoms with Crippen molar-refractivity contribution in [1.29, 1.82) is 5.26 Å². The molecule has 0 bridgehead atoms. The summed E-state index contributed by atoms with van der Waals surface area (Å²) in [7, 11) is 0. The fourth-order valence-electron chi connectivity index (χ4n) is 1.65. The molecule has 1 unspecified atom stereocenters. The molecule has 0 heterocycles. The van der Waals surface area contributed by atoms with Crippen LogP contribution in [0, 0.1) is 23.7 Å². The lowest BCUT2D eigenvalue weighted by Crippen LogP contribution is -2.11. The highest BCUT2D eigenvalue weighted by Gasteiger charge is 2.50. The number of nitrogens with zero attached hydrogens (tertiary/aromatic N) is 1. The minimum absolute atomic E-state index is 0.491. The molecule has 14 heavy (non-hydrogen) atoms. The summed E-state index contributed by atoms with van der Waals surface area (Å²) < 4.78 is 0. The molecule has 0 radical (unpaired) electrons. The molecule has 2 rings (SSSR count). The first-order valence-corrected chi connectivity index (χ1v) is 4.84. The Morgan fingerprint density at radius 1 is 1.36 bits per heavy atom. The van der Waals surface area contributed by atoms with E-state index in [1.54, 1.807) is 0 Å². The molecule has 72 valence electrons. The second kappa shape index (κ2) is 3.11. The molecule has 1 atom stereocenters. The lowest BCUT2D eigenvalue weighted by Gasteiger charge is -2.15. The number of hydrogen-bond acceptors (Lipinski definition) is 2. The molecule has 2 heteroatoms. The van der Waals surface area contributed by atoms with Crippen LogP contribution < -0.4 is 0 Å². The summed E-state index contributed by atoms with van der Waals surface area (Å²) >= 11 is 0. The van der Waals surface area contributed by atoms with Crippen molar-refractivity contribution in [1.82, 2.24) is 0 Å². The van der Waals surface area contributed by atoms with E-state index in [-0.39, 0.29) is 0 Å². The van der Waals surface area contributed by atoms with Crippen molar-refractivity contribution in [3.63, 3.8) is 0 Å². The van der Waals surface area contributed by atoms with E-state index in [1.165, 1.54) is 5.56 Å². The van der Waals surface area contributed by atoms with Crippen LogP contribution in [0.25, 0.3) is 0 Å². The molecule has 2 nitrogen and oxygen atoms in total. The fraction of sp³-hybridized carbons (Fsp3) is 0.417. The van der Waals surface area contributed by atoms with Crippen LogP contribution in [0.4, 0.5) is 0 Å². The molecule has 1 N–H and O–H groups in total. The molecule has 0 aliphatic heterocycles. The van der Waals surface area contributed by atoms with Crippen LogP contribution in [0.1, 0.15) is 30.1 Å². The van der Waals surface area contributed by atoms with Crippen molar-refractivity contribution in [2.75, 3.05) is 0 Å². The van der Waals surface area contributed by atoms with Gasteiger partial charge < -0.3 is 5.11 Å². The zero-order chi connectivity index (χ0) is 10.2. The average Bonchev–Trinajstić information content (AvgIpc) is 2.99. The van der Waals surface area contributed by atoms with Gasteiger partial charge in [-0.2, -0.15) is 5.26 Å². The molecule has 0 spiro atoms. The third-order valence-electron chi connectivity index (χ3n) is 2.93. The number of nitriles is 1. The van der Waals surface area contributed by atoms with Crippen molar-refractivity contribution in [3.05, 3.63) is 35.4 Å². The summed E-state index contributed by atoms with van der Waals surface area (Å²) in [5.74, 6) is 0. The van der Waals surface area contributed by atoms with Crippen LogP contribution in [0.3, 0.4) is 0 Å². The first kappa shape index (κ1) is 9.23. The third kappa shape index (κ3) is 1.40. The second-order valence-corrected chi connectivity index (χ2v) is 4.08. The lowest BCUT2D eigenvalue weighted by molar-refractivity contribution is 0.123. The quantitative estimate of drug-likeness (QED) is 0.772. The SMILES string of the molecule is Cc1ccc(C(O)C2(C#N)CC2)cc1. The van der Waals surface area contributed by atoms with Crippen molar-refractivity contribution < 1.29 is 5.11 Å². The monoisotopic (exact) mass is 187 g/mol. The van der Waals surface area contributed by atoms with Crippen molar-refractivity contribution in [2.24, 2.45) is 5.41 Å². The Bertz CT molecular complexity index is 370. The number of benzene rings is 1. The number of aryl methyl sites for hydroxylation is 1. The Balaban J connectivity index is 2.24. The van der Waals surface area contributed by atoms with Gasteiger partial charge in [0.2, 0.25) is 0 Å². The molecule has 1 saturated carbocycles. The van der Waals surface area contributed by atoms with Crippen LogP contribution in [-0.4, -0.2) is 5.11 Å². The van der Waals surface area contributed by atoms with E-state index in [1.807, 2.05) is 31.2 Å². The number of hydrogen-bond donors (Lipinski definition) is 1. The van der Waals surface area contributed by atoms with Gasteiger partial charge >= 0.3 is 0 Å². The molecule has 1 aliphatic carbocycles. The Kier molecular flexibility index (Phi) is 2.05. The van der Waals surface area contributed by atoms with Crippen LogP contribution in [0.2, 0.25) is 0 Å². The van der Waals surface area contributed by atoms with Gasteiger partial charge in [-0.1, -0.05) is 29.8 Å². The predicted molar refractivity (Wildman–Crippen MR) is 53.4 cm³/mol. The second-order valence-electron chi connectivity index (χ2n) is 4.08. The number of aliphatic hydroxyl groups excluding tert-OH is 1. The third-order valence-corrected chi connectivity index (χ3v) is 2.93. The highest BCUT2D eigenvalue weighted by Crippen LogP contribution is 2.54. The zero-order valence-electron chi connectivity index (χ0n) is 8.20. The summed E-state index contributed by atoms with van der Waals surface area (Å²) in [6.45, 7) is 2.01. The standard InChI is InChI=1S/C12H13NO/c1-9-2-4-10(5-3-9)11(14)12(8-13)6-7-12/h2-5,11,14H,6-7H2,1H3. The summed E-state index contributed by atoms with van der Waals surface area (Å²) in [6.07, 6.45) is 1.02. The molecule has 0 amide bonds. The summed E-state index contributed by atoms with van der Waals surface area (Å²) in [4.78, 5) is 0. The van der Waals surface area contributed by atoms with Gasteiger partial charge in [0.15, 0.2) is 0 Å². The predicted octanol–water partition coefficient (Wildman–Crippen LogP) is 2.33. The average molecular weight is 187 g/mol. The summed E-state index contributed by atoms with van der Waals surface area (Å²) in [6, 6.07) is 9.94. The van der Waals surface area contributed by atoms with Gasteiger partial charge in [0.25, 0.3) is 0 Å². The van der Waals surface area contributed by atoms with Crippen molar-refractivity contribution in [3.8, 4) is 6.07 Å². The maximum atomic E-state index is 9.98. The zero-order valence-corrected chi connectivity index (χ0v) is 8.20. The smallest absolute Gasteiger partial charge is 0.0976 e. The lowest BCUT2D eigenvalue weighted by atomic mass is 9.94. The van der Waals surface area contributed by atoms with E-state index in [4.69, 9.17) is 5.26 Å². The minimum Gasteiger partial charge on any atom is -0.387 e.